The third kappa shape index (κ3) is 5.08. The van der Waals surface area contributed by atoms with Gasteiger partial charge in [-0.15, -0.1) is 0 Å². The van der Waals surface area contributed by atoms with Gasteiger partial charge < -0.3 is 15.2 Å². The fourth-order valence-electron chi connectivity index (χ4n) is 2.42. The minimum absolute atomic E-state index is 0.0851. The Labute approximate surface area is 163 Å². The molecular formula is C17H14Cl2N2O6. The number of carboxylic acids is 1. The number of amides is 1. The highest BCUT2D eigenvalue weighted by molar-refractivity contribution is 6.31. The van der Waals surface area contributed by atoms with Crippen LogP contribution < -0.4 is 10.1 Å². The zero-order valence-electron chi connectivity index (χ0n) is 13.9. The quantitative estimate of drug-likeness (QED) is 0.526. The molecule has 2 aromatic carbocycles. The van der Waals surface area contributed by atoms with Gasteiger partial charge in [-0.1, -0.05) is 23.2 Å². The minimum atomic E-state index is -1.22. The summed E-state index contributed by atoms with van der Waals surface area (Å²) in [7, 11) is 1.37. The summed E-state index contributed by atoms with van der Waals surface area (Å²) in [4.78, 5) is 34.2. The van der Waals surface area contributed by atoms with Gasteiger partial charge in [0.1, 0.15) is 5.75 Å². The lowest BCUT2D eigenvalue weighted by molar-refractivity contribution is -0.384. The third-order valence-electron chi connectivity index (χ3n) is 3.66. The largest absolute Gasteiger partial charge is 0.496 e. The van der Waals surface area contributed by atoms with Crippen LogP contribution in [0.3, 0.4) is 0 Å². The highest BCUT2D eigenvalue weighted by Crippen LogP contribution is 2.30. The number of nitro benzene ring substituents is 1. The molecule has 0 saturated heterocycles. The van der Waals surface area contributed by atoms with Crippen molar-refractivity contribution in [3.05, 3.63) is 67.7 Å². The summed E-state index contributed by atoms with van der Waals surface area (Å²) in [5.41, 5.74) is -0.0797. The second-order valence-corrected chi connectivity index (χ2v) is 6.28. The Balaban J connectivity index is 2.42. The molecule has 2 aromatic rings. The summed E-state index contributed by atoms with van der Waals surface area (Å²) in [5.74, 6) is -1.65. The van der Waals surface area contributed by atoms with Crippen molar-refractivity contribution in [2.24, 2.45) is 0 Å². The van der Waals surface area contributed by atoms with Gasteiger partial charge in [0.25, 0.3) is 11.6 Å². The van der Waals surface area contributed by atoms with Crippen molar-refractivity contribution >= 4 is 40.8 Å². The van der Waals surface area contributed by atoms with Crippen molar-refractivity contribution in [2.45, 2.75) is 12.5 Å². The van der Waals surface area contributed by atoms with Gasteiger partial charge in [0.15, 0.2) is 0 Å². The highest BCUT2D eigenvalue weighted by Gasteiger charge is 2.24. The fourth-order valence-corrected chi connectivity index (χ4v) is 2.84. The molecule has 0 saturated carbocycles. The van der Waals surface area contributed by atoms with Gasteiger partial charge in [0, 0.05) is 27.7 Å². The zero-order chi connectivity index (χ0) is 20.1. The molecule has 0 bridgehead atoms. The maximum absolute atomic E-state index is 12.7. The Morgan fingerprint density at radius 1 is 1.26 bits per heavy atom. The lowest BCUT2D eigenvalue weighted by atomic mass is 10.0. The number of benzene rings is 2. The summed E-state index contributed by atoms with van der Waals surface area (Å²) >= 11 is 12.0. The van der Waals surface area contributed by atoms with Crippen LogP contribution in [0.2, 0.25) is 10.0 Å². The van der Waals surface area contributed by atoms with Gasteiger partial charge in [0.2, 0.25) is 0 Å². The van der Waals surface area contributed by atoms with Crippen LogP contribution in [0.15, 0.2) is 36.4 Å². The second kappa shape index (κ2) is 8.70. The third-order valence-corrected chi connectivity index (χ3v) is 4.24. The van der Waals surface area contributed by atoms with E-state index in [0.29, 0.717) is 0 Å². The SMILES string of the molecule is COc1ccc(Cl)cc1C(=O)N[C@H](CC(=O)O)c1cc([N+](=O)[O-])ccc1Cl. The molecule has 142 valence electrons. The van der Waals surface area contributed by atoms with Gasteiger partial charge in [-0.25, -0.2) is 0 Å². The summed E-state index contributed by atoms with van der Waals surface area (Å²) in [5, 5.41) is 23.1. The number of ether oxygens (including phenoxy) is 1. The van der Waals surface area contributed by atoms with Crippen LogP contribution in [-0.4, -0.2) is 29.0 Å². The number of aliphatic carboxylic acids is 1. The Bertz CT molecular complexity index is 903. The Morgan fingerprint density at radius 3 is 2.56 bits per heavy atom. The topological polar surface area (TPSA) is 119 Å². The first-order chi connectivity index (χ1) is 12.7. The molecule has 10 heteroatoms. The van der Waals surface area contributed by atoms with E-state index in [9.17, 15) is 19.7 Å². The van der Waals surface area contributed by atoms with Crippen LogP contribution in [0.4, 0.5) is 5.69 Å². The first kappa shape index (κ1) is 20.5. The smallest absolute Gasteiger partial charge is 0.305 e. The molecule has 0 spiro atoms. The van der Waals surface area contributed by atoms with E-state index in [1.165, 1.54) is 37.4 Å². The lowest BCUT2D eigenvalue weighted by Crippen LogP contribution is -2.30. The van der Waals surface area contributed by atoms with Crippen LogP contribution >= 0.6 is 23.2 Å². The standard InChI is InChI=1S/C17H14Cl2N2O6/c1-27-15-5-2-9(18)6-12(15)17(24)20-14(8-16(22)23)11-7-10(21(25)26)3-4-13(11)19/h2-7,14H,8H2,1H3,(H,20,24)(H,22,23)/t14-/m1/s1. The van der Waals surface area contributed by atoms with Crippen molar-refractivity contribution < 1.29 is 24.4 Å². The summed E-state index contributed by atoms with van der Waals surface area (Å²) < 4.78 is 5.11. The Morgan fingerprint density at radius 2 is 1.96 bits per heavy atom. The van der Waals surface area contributed by atoms with E-state index in [1.54, 1.807) is 0 Å². The Kier molecular flexibility index (Phi) is 6.59. The number of nitro groups is 1. The number of nitrogens with one attached hydrogen (secondary N) is 1. The van der Waals surface area contributed by atoms with E-state index >= 15 is 0 Å². The molecule has 27 heavy (non-hydrogen) atoms. The van der Waals surface area contributed by atoms with E-state index in [2.05, 4.69) is 5.32 Å². The number of hydrogen-bond donors (Lipinski definition) is 2. The molecule has 2 N–H and O–H groups in total. The van der Waals surface area contributed by atoms with Crippen LogP contribution in [0.5, 0.6) is 5.75 Å². The van der Waals surface area contributed by atoms with Gasteiger partial charge in [-0.05, 0) is 24.3 Å². The first-order valence-corrected chi connectivity index (χ1v) is 8.28. The van der Waals surface area contributed by atoms with Gasteiger partial charge in [-0.2, -0.15) is 0 Å². The summed E-state index contributed by atoms with van der Waals surface area (Å²) in [6, 6.07) is 6.87. The molecular weight excluding hydrogens is 399 g/mol. The second-order valence-electron chi connectivity index (χ2n) is 5.43. The van der Waals surface area contributed by atoms with Crippen LogP contribution in [-0.2, 0) is 4.79 Å². The van der Waals surface area contributed by atoms with Crippen molar-refractivity contribution in [3.63, 3.8) is 0 Å². The molecule has 0 aliphatic carbocycles. The number of methoxy groups -OCH3 is 1. The average molecular weight is 413 g/mol. The van der Waals surface area contributed by atoms with Crippen LogP contribution in [0.1, 0.15) is 28.4 Å². The van der Waals surface area contributed by atoms with E-state index in [0.717, 1.165) is 6.07 Å². The van der Waals surface area contributed by atoms with Crippen molar-refractivity contribution in [1.82, 2.24) is 5.32 Å². The first-order valence-electron chi connectivity index (χ1n) is 7.53. The molecule has 1 atom stereocenters. The average Bonchev–Trinajstić information content (AvgIpc) is 2.60. The zero-order valence-corrected chi connectivity index (χ0v) is 15.5. The fraction of sp³-hybridized carbons (Fsp3) is 0.176. The Hall–Kier alpha value is -2.84. The normalized spacial score (nSPS) is 11.5. The summed E-state index contributed by atoms with van der Waals surface area (Å²) in [6.45, 7) is 0. The number of carbonyl (C=O) groups excluding carboxylic acids is 1. The molecule has 0 fully saturated rings. The van der Waals surface area contributed by atoms with E-state index in [4.69, 9.17) is 33.0 Å². The van der Waals surface area contributed by atoms with Gasteiger partial charge in [-0.3, -0.25) is 19.7 Å². The predicted molar refractivity (Wildman–Crippen MR) is 98.6 cm³/mol. The molecule has 2 rings (SSSR count). The van der Waals surface area contributed by atoms with Crippen LogP contribution in [0.25, 0.3) is 0 Å². The molecule has 0 unspecified atom stereocenters. The molecule has 0 aliphatic rings. The van der Waals surface area contributed by atoms with E-state index < -0.39 is 29.3 Å². The molecule has 1 amide bonds. The predicted octanol–water partition coefficient (Wildman–Crippen LogP) is 3.86. The van der Waals surface area contributed by atoms with Gasteiger partial charge >= 0.3 is 5.97 Å². The number of halogens is 2. The van der Waals surface area contributed by atoms with E-state index in [-0.39, 0.29) is 32.6 Å². The highest BCUT2D eigenvalue weighted by atomic mass is 35.5. The molecule has 0 radical (unpaired) electrons. The molecule has 0 heterocycles. The van der Waals surface area contributed by atoms with Gasteiger partial charge in [0.05, 0.1) is 30.1 Å². The number of carboxylic acid groups (broad SMARTS) is 1. The maximum Gasteiger partial charge on any atom is 0.305 e. The van der Waals surface area contributed by atoms with Crippen molar-refractivity contribution in [3.8, 4) is 5.75 Å². The molecule has 8 nitrogen and oxygen atoms in total. The van der Waals surface area contributed by atoms with Crippen LogP contribution in [0, 0.1) is 10.1 Å². The number of carbonyl (C=O) groups is 2. The lowest BCUT2D eigenvalue weighted by Gasteiger charge is -2.19. The summed E-state index contributed by atoms with van der Waals surface area (Å²) in [6.07, 6.45) is -0.532. The number of non-ortho nitro benzene ring substituents is 1. The van der Waals surface area contributed by atoms with Crippen molar-refractivity contribution in [1.29, 1.82) is 0 Å². The van der Waals surface area contributed by atoms with Crippen molar-refractivity contribution in [2.75, 3.05) is 7.11 Å². The minimum Gasteiger partial charge on any atom is -0.496 e. The molecule has 0 aromatic heterocycles. The number of hydrogen-bond acceptors (Lipinski definition) is 5. The number of rotatable bonds is 7. The molecule has 0 aliphatic heterocycles. The van der Waals surface area contributed by atoms with E-state index in [1.807, 2.05) is 0 Å². The number of nitrogens with zero attached hydrogens (tertiary/aromatic N) is 1. The maximum atomic E-state index is 12.7. The monoisotopic (exact) mass is 412 g/mol.